The Hall–Kier alpha value is -1.84. The number of benzene rings is 1. The van der Waals surface area contributed by atoms with Crippen molar-refractivity contribution in [2.45, 2.75) is 25.2 Å². The van der Waals surface area contributed by atoms with Crippen molar-refractivity contribution in [1.82, 2.24) is 9.62 Å². The van der Waals surface area contributed by atoms with E-state index in [1.807, 2.05) is 0 Å². The number of nitrogens with zero attached hydrogens (tertiary/aromatic N) is 1. The highest BCUT2D eigenvalue weighted by molar-refractivity contribution is 7.89. The molecule has 0 saturated carbocycles. The minimum absolute atomic E-state index is 0.0152. The molecule has 1 aromatic rings. The summed E-state index contributed by atoms with van der Waals surface area (Å²) >= 11 is 0. The van der Waals surface area contributed by atoms with E-state index >= 15 is 0 Å². The number of ether oxygens (including phenoxy) is 2. The van der Waals surface area contributed by atoms with E-state index < -0.39 is 10.0 Å². The molecule has 0 unspecified atom stereocenters. The van der Waals surface area contributed by atoms with E-state index in [2.05, 4.69) is 19.2 Å². The third-order valence-corrected chi connectivity index (χ3v) is 6.79. The quantitative estimate of drug-likeness (QED) is 0.582. The number of carbonyl (C=O) groups excluding carboxylic acids is 1. The lowest BCUT2D eigenvalue weighted by Crippen LogP contribution is -3.15. The summed E-state index contributed by atoms with van der Waals surface area (Å²) in [5, 5.41) is 2.93. The SMILES string of the molecule is COc1ccc(OC)c(S(=O)(=O)N2CC[NH+](CC(=O)NCCC(C)C)CC2)c1. The van der Waals surface area contributed by atoms with Crippen molar-refractivity contribution in [1.29, 1.82) is 0 Å². The summed E-state index contributed by atoms with van der Waals surface area (Å²) in [7, 11) is -0.761. The molecule has 1 heterocycles. The molecule has 2 rings (SSSR count). The van der Waals surface area contributed by atoms with E-state index in [0.29, 0.717) is 56.7 Å². The molecule has 1 aliphatic heterocycles. The van der Waals surface area contributed by atoms with Gasteiger partial charge in [-0.15, -0.1) is 0 Å². The number of hydrogen-bond acceptors (Lipinski definition) is 5. The summed E-state index contributed by atoms with van der Waals surface area (Å²) < 4.78 is 38.0. The van der Waals surface area contributed by atoms with Crippen molar-refractivity contribution in [3.8, 4) is 11.5 Å². The van der Waals surface area contributed by atoms with Crippen LogP contribution in [0.1, 0.15) is 20.3 Å². The highest BCUT2D eigenvalue weighted by Crippen LogP contribution is 2.30. The van der Waals surface area contributed by atoms with Crippen LogP contribution in [0.25, 0.3) is 0 Å². The van der Waals surface area contributed by atoms with Crippen LogP contribution in [-0.4, -0.2) is 72.1 Å². The van der Waals surface area contributed by atoms with Crippen LogP contribution in [-0.2, 0) is 14.8 Å². The van der Waals surface area contributed by atoms with Crippen molar-refractivity contribution in [2.24, 2.45) is 5.92 Å². The Balaban J connectivity index is 1.96. The van der Waals surface area contributed by atoms with Crippen LogP contribution in [0.3, 0.4) is 0 Å². The van der Waals surface area contributed by atoms with Crippen LogP contribution in [0.4, 0.5) is 0 Å². The summed E-state index contributed by atoms with van der Waals surface area (Å²) in [6.45, 7) is 7.18. The number of carbonyl (C=O) groups is 1. The van der Waals surface area contributed by atoms with Crippen molar-refractivity contribution in [3.63, 3.8) is 0 Å². The zero-order valence-corrected chi connectivity index (χ0v) is 18.0. The van der Waals surface area contributed by atoms with Gasteiger partial charge in [0.1, 0.15) is 16.4 Å². The molecule has 8 nitrogen and oxygen atoms in total. The Kier molecular flexibility index (Phi) is 8.09. The molecule has 0 radical (unpaired) electrons. The first-order valence-corrected chi connectivity index (χ1v) is 11.0. The van der Waals surface area contributed by atoms with Crippen LogP contribution in [0.5, 0.6) is 11.5 Å². The first-order chi connectivity index (χ1) is 13.3. The molecule has 0 bridgehead atoms. The van der Waals surface area contributed by atoms with Gasteiger partial charge in [-0.1, -0.05) is 13.8 Å². The third-order valence-electron chi connectivity index (χ3n) is 4.87. The number of sulfonamides is 1. The maximum absolute atomic E-state index is 13.1. The number of piperazine rings is 1. The molecule has 2 N–H and O–H groups in total. The molecule has 1 amide bonds. The van der Waals surface area contributed by atoms with Crippen molar-refractivity contribution < 1.29 is 27.6 Å². The van der Waals surface area contributed by atoms with E-state index in [-0.39, 0.29) is 10.8 Å². The number of nitrogens with one attached hydrogen (secondary N) is 2. The lowest BCUT2D eigenvalue weighted by molar-refractivity contribution is -0.895. The second-order valence-corrected chi connectivity index (χ2v) is 9.29. The van der Waals surface area contributed by atoms with Crippen molar-refractivity contribution in [2.75, 3.05) is 53.5 Å². The van der Waals surface area contributed by atoms with Gasteiger partial charge in [-0.3, -0.25) is 4.79 Å². The van der Waals surface area contributed by atoms with E-state index in [4.69, 9.17) is 9.47 Å². The van der Waals surface area contributed by atoms with Gasteiger partial charge < -0.3 is 19.7 Å². The lowest BCUT2D eigenvalue weighted by atomic mass is 10.1. The van der Waals surface area contributed by atoms with E-state index in [1.54, 1.807) is 12.1 Å². The van der Waals surface area contributed by atoms with Gasteiger partial charge in [0.2, 0.25) is 10.0 Å². The molecule has 1 fully saturated rings. The molecule has 1 aromatic carbocycles. The molecule has 1 saturated heterocycles. The molecule has 0 aliphatic carbocycles. The van der Waals surface area contributed by atoms with Gasteiger partial charge in [-0.25, -0.2) is 8.42 Å². The predicted octanol–water partition coefficient (Wildman–Crippen LogP) is -0.245. The fourth-order valence-corrected chi connectivity index (χ4v) is 4.75. The number of methoxy groups -OCH3 is 2. The van der Waals surface area contributed by atoms with Crippen LogP contribution in [0.15, 0.2) is 23.1 Å². The van der Waals surface area contributed by atoms with Crippen LogP contribution in [0, 0.1) is 5.92 Å². The standard InChI is InChI=1S/C19H31N3O5S/c1-15(2)7-8-20-19(23)14-21-9-11-22(12-10-21)28(24,25)18-13-16(26-3)5-6-17(18)27-4/h5-6,13,15H,7-12,14H2,1-4H3,(H,20,23)/p+1. The van der Waals surface area contributed by atoms with Gasteiger partial charge in [0, 0.05) is 12.6 Å². The lowest BCUT2D eigenvalue weighted by Gasteiger charge is -2.31. The second kappa shape index (κ2) is 10.1. The Morgan fingerprint density at radius 2 is 1.89 bits per heavy atom. The van der Waals surface area contributed by atoms with Crippen LogP contribution in [0.2, 0.25) is 0 Å². The van der Waals surface area contributed by atoms with E-state index in [1.165, 1.54) is 24.6 Å². The molecule has 0 aromatic heterocycles. The predicted molar refractivity (Wildman–Crippen MR) is 106 cm³/mol. The molecular weight excluding hydrogens is 382 g/mol. The number of amides is 1. The van der Waals surface area contributed by atoms with Gasteiger partial charge in [-0.05, 0) is 24.5 Å². The summed E-state index contributed by atoms with van der Waals surface area (Å²) in [6, 6.07) is 4.74. The normalized spacial score (nSPS) is 16.2. The van der Waals surface area contributed by atoms with Gasteiger partial charge in [0.15, 0.2) is 6.54 Å². The summed E-state index contributed by atoms with van der Waals surface area (Å²) in [5.74, 6) is 1.32. The van der Waals surface area contributed by atoms with Crippen LogP contribution < -0.4 is 19.7 Å². The smallest absolute Gasteiger partial charge is 0.275 e. The highest BCUT2D eigenvalue weighted by atomic mass is 32.2. The third kappa shape index (κ3) is 5.83. The maximum Gasteiger partial charge on any atom is 0.275 e. The van der Waals surface area contributed by atoms with Gasteiger partial charge in [0.25, 0.3) is 5.91 Å². The van der Waals surface area contributed by atoms with Gasteiger partial charge in [0.05, 0.1) is 40.4 Å². The molecule has 158 valence electrons. The first kappa shape index (κ1) is 22.4. The highest BCUT2D eigenvalue weighted by Gasteiger charge is 2.33. The zero-order valence-electron chi connectivity index (χ0n) is 17.2. The molecule has 9 heteroatoms. The maximum atomic E-state index is 13.1. The van der Waals surface area contributed by atoms with Crippen molar-refractivity contribution >= 4 is 15.9 Å². The Bertz CT molecular complexity index is 759. The van der Waals surface area contributed by atoms with E-state index in [9.17, 15) is 13.2 Å². The zero-order chi connectivity index (χ0) is 20.7. The summed E-state index contributed by atoms with van der Waals surface area (Å²) in [6.07, 6.45) is 0.954. The first-order valence-electron chi connectivity index (χ1n) is 9.60. The summed E-state index contributed by atoms with van der Waals surface area (Å²) in [4.78, 5) is 13.2. The van der Waals surface area contributed by atoms with Crippen LogP contribution >= 0.6 is 0 Å². The summed E-state index contributed by atoms with van der Waals surface area (Å²) in [5.41, 5.74) is 0. The molecule has 1 aliphatic rings. The number of hydrogen-bond donors (Lipinski definition) is 2. The Labute approximate surface area is 167 Å². The minimum atomic E-state index is -3.70. The Morgan fingerprint density at radius 1 is 1.21 bits per heavy atom. The van der Waals surface area contributed by atoms with Gasteiger partial charge >= 0.3 is 0 Å². The Morgan fingerprint density at radius 3 is 2.46 bits per heavy atom. The average molecular weight is 415 g/mol. The topological polar surface area (TPSA) is 89.4 Å². The average Bonchev–Trinajstić information content (AvgIpc) is 2.67. The van der Waals surface area contributed by atoms with E-state index in [0.717, 1.165) is 11.3 Å². The fourth-order valence-electron chi connectivity index (χ4n) is 3.13. The largest absolute Gasteiger partial charge is 0.497 e. The number of rotatable bonds is 9. The number of quaternary nitrogens is 1. The second-order valence-electron chi connectivity index (χ2n) is 7.38. The molecule has 0 atom stereocenters. The molecular formula is C19H32N3O5S+. The molecule has 28 heavy (non-hydrogen) atoms. The monoisotopic (exact) mass is 414 g/mol. The van der Waals surface area contributed by atoms with Crippen molar-refractivity contribution in [3.05, 3.63) is 18.2 Å². The molecule has 0 spiro atoms. The van der Waals surface area contributed by atoms with Gasteiger partial charge in [-0.2, -0.15) is 4.31 Å². The fraction of sp³-hybridized carbons (Fsp3) is 0.632. The minimum Gasteiger partial charge on any atom is -0.497 e.